The number of aromatic nitrogens is 1. The highest BCUT2D eigenvalue weighted by Gasteiger charge is 2.16. The van der Waals surface area contributed by atoms with Gasteiger partial charge in [-0.15, -0.1) is 11.3 Å². The number of rotatable bonds is 4. The number of thiazole rings is 1. The average molecular weight is 473 g/mol. The topological polar surface area (TPSA) is 67.2 Å². The fourth-order valence-corrected chi connectivity index (χ4v) is 3.79. The van der Waals surface area contributed by atoms with Gasteiger partial charge in [0.05, 0.1) is 11.4 Å². The van der Waals surface area contributed by atoms with E-state index in [1.165, 1.54) is 11.3 Å². The molecular weight excluding hydrogens is 461 g/mol. The van der Waals surface area contributed by atoms with Crippen molar-refractivity contribution in [2.45, 2.75) is 0 Å². The maximum atomic E-state index is 9.50. The van der Waals surface area contributed by atoms with Crippen LogP contribution in [0.25, 0.3) is 16.8 Å². The highest BCUT2D eigenvalue weighted by atomic mass is 127. The largest absolute Gasteiger partial charge is 0.454 e. The second kappa shape index (κ2) is 7.35. The van der Waals surface area contributed by atoms with Crippen LogP contribution >= 0.6 is 33.9 Å². The van der Waals surface area contributed by atoms with Crippen LogP contribution in [0, 0.1) is 14.9 Å². The van der Waals surface area contributed by atoms with E-state index in [1.54, 1.807) is 6.20 Å². The summed E-state index contributed by atoms with van der Waals surface area (Å²) in [5, 5.41) is 15.3. The molecule has 0 spiro atoms. The maximum Gasteiger partial charge on any atom is 0.231 e. The van der Waals surface area contributed by atoms with Gasteiger partial charge in [0, 0.05) is 20.7 Å². The molecule has 0 saturated heterocycles. The highest BCUT2D eigenvalue weighted by Crippen LogP contribution is 2.36. The quantitative estimate of drug-likeness (QED) is 0.421. The number of fused-ring (bicyclic) bond motifs is 1. The second-order valence-electron chi connectivity index (χ2n) is 5.40. The number of para-hydroxylation sites is 1. The van der Waals surface area contributed by atoms with Crippen LogP contribution in [-0.4, -0.2) is 11.8 Å². The summed E-state index contributed by atoms with van der Waals surface area (Å²) in [5.41, 5.74) is 3.17. The number of nitrogens with zero attached hydrogens (tertiary/aromatic N) is 2. The third-order valence-corrected chi connectivity index (χ3v) is 5.59. The van der Waals surface area contributed by atoms with Gasteiger partial charge in [-0.25, -0.2) is 4.98 Å². The van der Waals surface area contributed by atoms with Gasteiger partial charge in [0.2, 0.25) is 6.79 Å². The zero-order valence-corrected chi connectivity index (χ0v) is 16.4. The summed E-state index contributed by atoms with van der Waals surface area (Å²) in [6.45, 7) is 0.242. The Hall–Kier alpha value is -2.57. The standard InChI is InChI=1S/C19H12IN3O2S/c20-14-3-1-2-4-15(14)22-9-13(8-21)19-23-16(10-26-19)12-5-6-17-18(7-12)25-11-24-17/h1-7,9-10,22H,11H2/b13-9+. The average Bonchev–Trinajstić information content (AvgIpc) is 3.32. The minimum atomic E-state index is 0.242. The summed E-state index contributed by atoms with van der Waals surface area (Å²) in [5.74, 6) is 1.46. The van der Waals surface area contributed by atoms with E-state index in [-0.39, 0.29) is 6.79 Å². The minimum Gasteiger partial charge on any atom is -0.454 e. The lowest BCUT2D eigenvalue weighted by Gasteiger charge is -2.03. The van der Waals surface area contributed by atoms with Gasteiger partial charge < -0.3 is 14.8 Å². The van der Waals surface area contributed by atoms with Gasteiger partial charge in [0.15, 0.2) is 11.5 Å². The molecule has 2 heterocycles. The van der Waals surface area contributed by atoms with Gasteiger partial charge in [0.25, 0.3) is 0 Å². The number of ether oxygens (including phenoxy) is 2. The Morgan fingerprint density at radius 2 is 2.08 bits per heavy atom. The molecule has 26 heavy (non-hydrogen) atoms. The first kappa shape index (κ1) is 16.9. The van der Waals surface area contributed by atoms with E-state index >= 15 is 0 Å². The molecule has 1 aromatic heterocycles. The van der Waals surface area contributed by atoms with Crippen LogP contribution in [0.1, 0.15) is 5.01 Å². The smallest absolute Gasteiger partial charge is 0.231 e. The predicted octanol–water partition coefficient (Wildman–Crippen LogP) is 5.12. The lowest BCUT2D eigenvalue weighted by atomic mass is 10.1. The number of halogens is 1. The van der Waals surface area contributed by atoms with Crippen LogP contribution in [0.4, 0.5) is 5.69 Å². The van der Waals surface area contributed by atoms with Crippen molar-refractivity contribution in [3.05, 3.63) is 62.6 Å². The molecule has 2 aromatic carbocycles. The van der Waals surface area contributed by atoms with Crippen LogP contribution in [0.15, 0.2) is 54.0 Å². The third kappa shape index (κ3) is 3.38. The van der Waals surface area contributed by atoms with E-state index in [9.17, 15) is 5.26 Å². The van der Waals surface area contributed by atoms with E-state index in [0.717, 1.165) is 26.3 Å². The Labute approximate surface area is 168 Å². The predicted molar refractivity (Wildman–Crippen MR) is 110 cm³/mol. The van der Waals surface area contributed by atoms with Gasteiger partial charge >= 0.3 is 0 Å². The van der Waals surface area contributed by atoms with Crippen molar-refractivity contribution in [1.29, 1.82) is 5.26 Å². The molecule has 0 unspecified atom stereocenters. The minimum absolute atomic E-state index is 0.242. The molecule has 1 aliphatic rings. The zero-order chi connectivity index (χ0) is 17.9. The van der Waals surface area contributed by atoms with Crippen molar-refractivity contribution >= 4 is 45.2 Å². The molecule has 1 N–H and O–H groups in total. The maximum absolute atomic E-state index is 9.50. The van der Waals surface area contributed by atoms with Crippen molar-refractivity contribution in [1.82, 2.24) is 4.98 Å². The SMILES string of the molecule is N#C/C(=C\Nc1ccccc1I)c1nc(-c2ccc3c(c2)OCO3)cs1. The molecule has 0 amide bonds. The molecule has 128 valence electrons. The number of hydrogen-bond donors (Lipinski definition) is 1. The molecule has 0 saturated carbocycles. The third-order valence-electron chi connectivity index (χ3n) is 3.77. The molecule has 1 aliphatic heterocycles. The van der Waals surface area contributed by atoms with Crippen LogP contribution in [-0.2, 0) is 0 Å². The van der Waals surface area contributed by atoms with Crippen LogP contribution in [0.2, 0.25) is 0 Å². The molecule has 0 radical (unpaired) electrons. The number of anilines is 1. The first-order chi connectivity index (χ1) is 12.7. The summed E-state index contributed by atoms with van der Waals surface area (Å²) in [7, 11) is 0. The Morgan fingerprint density at radius 3 is 2.92 bits per heavy atom. The molecule has 0 bridgehead atoms. The van der Waals surface area contributed by atoms with Gasteiger partial charge in [-0.2, -0.15) is 5.26 Å². The number of hydrogen-bond acceptors (Lipinski definition) is 6. The molecule has 0 fully saturated rings. The monoisotopic (exact) mass is 473 g/mol. The van der Waals surface area contributed by atoms with E-state index < -0.39 is 0 Å². The van der Waals surface area contributed by atoms with Crippen molar-refractivity contribution in [2.24, 2.45) is 0 Å². The van der Waals surface area contributed by atoms with Crippen molar-refractivity contribution in [3.63, 3.8) is 0 Å². The first-order valence-electron chi connectivity index (χ1n) is 7.72. The summed E-state index contributed by atoms with van der Waals surface area (Å²) < 4.78 is 11.8. The Balaban J connectivity index is 1.59. The fourth-order valence-electron chi connectivity index (χ4n) is 2.46. The van der Waals surface area contributed by atoms with E-state index in [4.69, 9.17) is 9.47 Å². The van der Waals surface area contributed by atoms with E-state index in [1.807, 2.05) is 47.8 Å². The molecule has 3 aromatic rings. The Bertz CT molecular complexity index is 1040. The number of nitrogens with one attached hydrogen (secondary N) is 1. The molecule has 4 rings (SSSR count). The number of allylic oxidation sites excluding steroid dienone is 1. The number of benzene rings is 2. The first-order valence-corrected chi connectivity index (χ1v) is 9.68. The molecule has 0 atom stereocenters. The van der Waals surface area contributed by atoms with E-state index in [2.05, 4.69) is 39.0 Å². The molecule has 5 nitrogen and oxygen atoms in total. The summed E-state index contributed by atoms with van der Waals surface area (Å²) in [6, 6.07) is 15.8. The van der Waals surface area contributed by atoms with Gasteiger partial charge in [-0.05, 0) is 52.9 Å². The molecule has 7 heteroatoms. The Morgan fingerprint density at radius 1 is 1.23 bits per heavy atom. The van der Waals surface area contributed by atoms with Crippen LogP contribution < -0.4 is 14.8 Å². The fraction of sp³-hybridized carbons (Fsp3) is 0.0526. The summed E-state index contributed by atoms with van der Waals surface area (Å²) in [4.78, 5) is 4.60. The van der Waals surface area contributed by atoms with Crippen molar-refractivity contribution in [2.75, 3.05) is 12.1 Å². The zero-order valence-electron chi connectivity index (χ0n) is 13.4. The van der Waals surface area contributed by atoms with Crippen LogP contribution in [0.5, 0.6) is 11.5 Å². The molecular formula is C19H12IN3O2S. The highest BCUT2D eigenvalue weighted by molar-refractivity contribution is 14.1. The van der Waals surface area contributed by atoms with Crippen LogP contribution in [0.3, 0.4) is 0 Å². The van der Waals surface area contributed by atoms with Gasteiger partial charge in [-0.3, -0.25) is 0 Å². The lowest BCUT2D eigenvalue weighted by Crippen LogP contribution is -1.93. The Kier molecular flexibility index (Phi) is 4.77. The number of nitriles is 1. The normalized spacial score (nSPS) is 12.7. The molecule has 0 aliphatic carbocycles. The van der Waals surface area contributed by atoms with Crippen molar-refractivity contribution in [3.8, 4) is 28.8 Å². The second-order valence-corrected chi connectivity index (χ2v) is 7.42. The summed E-state index contributed by atoms with van der Waals surface area (Å²) >= 11 is 3.68. The van der Waals surface area contributed by atoms with Crippen molar-refractivity contribution < 1.29 is 9.47 Å². The van der Waals surface area contributed by atoms with Gasteiger partial charge in [-0.1, -0.05) is 12.1 Å². The van der Waals surface area contributed by atoms with Gasteiger partial charge in [0.1, 0.15) is 16.6 Å². The van der Waals surface area contributed by atoms with E-state index in [0.29, 0.717) is 16.3 Å². The lowest BCUT2D eigenvalue weighted by molar-refractivity contribution is 0.174. The summed E-state index contributed by atoms with van der Waals surface area (Å²) in [6.07, 6.45) is 1.69.